The molecule has 0 unspecified atom stereocenters. The van der Waals surface area contributed by atoms with Gasteiger partial charge in [-0.1, -0.05) is 13.8 Å². The van der Waals surface area contributed by atoms with Crippen molar-refractivity contribution in [3.05, 3.63) is 0 Å². The first-order valence-electron chi connectivity index (χ1n) is 5.39. The lowest BCUT2D eigenvalue weighted by Gasteiger charge is -2.32. The maximum atomic E-state index is 11.9. The number of amides is 1. The van der Waals surface area contributed by atoms with E-state index in [1.54, 1.807) is 0 Å². The molecule has 0 spiro atoms. The van der Waals surface area contributed by atoms with Crippen molar-refractivity contribution in [1.29, 1.82) is 0 Å². The first kappa shape index (κ1) is 15.6. The lowest BCUT2D eigenvalue weighted by Crippen LogP contribution is -2.58. The molecule has 0 aliphatic carbocycles. The van der Waals surface area contributed by atoms with Gasteiger partial charge in [-0.3, -0.25) is 4.79 Å². The van der Waals surface area contributed by atoms with Crippen LogP contribution in [0, 0.1) is 5.92 Å². The SMILES string of the molecule is CC(C)C[C@H](N)C(=O)N(C)[C@](C)(C=O)C(=O)O. The van der Waals surface area contributed by atoms with Crippen LogP contribution < -0.4 is 5.73 Å². The number of likely N-dealkylation sites (N-methyl/N-ethyl adjacent to an activating group) is 1. The van der Waals surface area contributed by atoms with Crippen LogP contribution in [-0.2, 0) is 14.4 Å². The summed E-state index contributed by atoms with van der Waals surface area (Å²) < 4.78 is 0. The van der Waals surface area contributed by atoms with Gasteiger partial charge in [0.1, 0.15) is 0 Å². The van der Waals surface area contributed by atoms with Gasteiger partial charge in [0, 0.05) is 7.05 Å². The van der Waals surface area contributed by atoms with Crippen molar-refractivity contribution < 1.29 is 19.5 Å². The third-order valence-electron chi connectivity index (χ3n) is 2.73. The summed E-state index contributed by atoms with van der Waals surface area (Å²) in [5.74, 6) is -1.70. The number of carboxylic acids is 1. The fourth-order valence-corrected chi connectivity index (χ4v) is 1.36. The third kappa shape index (κ3) is 3.52. The number of nitrogens with two attached hydrogens (primary N) is 1. The lowest BCUT2D eigenvalue weighted by molar-refractivity contribution is -0.158. The highest BCUT2D eigenvalue weighted by Gasteiger charge is 2.41. The monoisotopic (exact) mass is 244 g/mol. The van der Waals surface area contributed by atoms with Crippen molar-refractivity contribution in [2.24, 2.45) is 11.7 Å². The second-order valence-electron chi connectivity index (χ2n) is 4.70. The molecule has 0 aromatic rings. The molecule has 0 saturated carbocycles. The number of carbonyl (C=O) groups is 3. The van der Waals surface area contributed by atoms with Gasteiger partial charge >= 0.3 is 5.97 Å². The Morgan fingerprint density at radius 2 is 1.94 bits per heavy atom. The van der Waals surface area contributed by atoms with Crippen LogP contribution in [0.2, 0.25) is 0 Å². The molecule has 6 heteroatoms. The van der Waals surface area contributed by atoms with Crippen molar-refractivity contribution in [2.75, 3.05) is 7.05 Å². The van der Waals surface area contributed by atoms with Crippen LogP contribution in [0.25, 0.3) is 0 Å². The summed E-state index contributed by atoms with van der Waals surface area (Å²) in [5.41, 5.74) is 3.80. The van der Waals surface area contributed by atoms with Crippen molar-refractivity contribution >= 4 is 18.2 Å². The van der Waals surface area contributed by atoms with Gasteiger partial charge in [0.05, 0.1) is 6.04 Å². The molecule has 0 radical (unpaired) electrons. The van der Waals surface area contributed by atoms with E-state index in [0.29, 0.717) is 6.42 Å². The Labute approximate surface area is 101 Å². The van der Waals surface area contributed by atoms with E-state index in [1.807, 2.05) is 13.8 Å². The van der Waals surface area contributed by atoms with Crippen LogP contribution in [0.4, 0.5) is 0 Å². The minimum Gasteiger partial charge on any atom is -0.479 e. The molecule has 0 saturated heterocycles. The van der Waals surface area contributed by atoms with E-state index in [4.69, 9.17) is 10.8 Å². The number of aliphatic carboxylic acids is 1. The van der Waals surface area contributed by atoms with E-state index in [-0.39, 0.29) is 12.2 Å². The van der Waals surface area contributed by atoms with Gasteiger partial charge in [0.25, 0.3) is 0 Å². The highest BCUT2D eigenvalue weighted by molar-refractivity contribution is 6.01. The van der Waals surface area contributed by atoms with Crippen molar-refractivity contribution in [3.8, 4) is 0 Å². The number of rotatable bonds is 6. The molecular weight excluding hydrogens is 224 g/mol. The smallest absolute Gasteiger partial charge is 0.336 e. The summed E-state index contributed by atoms with van der Waals surface area (Å²) in [6, 6.07) is -0.793. The van der Waals surface area contributed by atoms with Gasteiger partial charge in [-0.25, -0.2) is 4.79 Å². The number of nitrogens with zero attached hydrogens (tertiary/aromatic N) is 1. The molecule has 17 heavy (non-hydrogen) atoms. The third-order valence-corrected chi connectivity index (χ3v) is 2.73. The van der Waals surface area contributed by atoms with Crippen molar-refractivity contribution in [1.82, 2.24) is 4.90 Å². The molecule has 2 atom stereocenters. The Morgan fingerprint density at radius 3 is 2.24 bits per heavy atom. The number of carbonyl (C=O) groups excluding carboxylic acids is 2. The molecule has 0 aromatic carbocycles. The minimum absolute atomic E-state index is 0.217. The van der Waals surface area contributed by atoms with Crippen LogP contribution in [0.15, 0.2) is 0 Å². The van der Waals surface area contributed by atoms with Gasteiger partial charge in [0.2, 0.25) is 5.91 Å². The molecule has 0 aromatic heterocycles. The molecule has 98 valence electrons. The lowest BCUT2D eigenvalue weighted by atomic mass is 9.99. The average Bonchev–Trinajstić information content (AvgIpc) is 2.24. The highest BCUT2D eigenvalue weighted by atomic mass is 16.4. The Morgan fingerprint density at radius 1 is 1.47 bits per heavy atom. The molecule has 6 nitrogen and oxygen atoms in total. The molecule has 0 bridgehead atoms. The van der Waals surface area contributed by atoms with Crippen LogP contribution >= 0.6 is 0 Å². The number of carboxylic acid groups (broad SMARTS) is 1. The molecule has 0 aliphatic heterocycles. The second kappa shape index (κ2) is 5.77. The summed E-state index contributed by atoms with van der Waals surface area (Å²) >= 11 is 0. The first-order valence-corrected chi connectivity index (χ1v) is 5.39. The summed E-state index contributed by atoms with van der Waals surface area (Å²) in [6.07, 6.45) is 0.674. The van der Waals surface area contributed by atoms with E-state index < -0.39 is 23.5 Å². The number of hydrogen-bond acceptors (Lipinski definition) is 4. The standard InChI is InChI=1S/C11H20N2O4/c1-7(2)5-8(12)9(15)13(4)11(3,6-14)10(16)17/h6-8H,5,12H2,1-4H3,(H,16,17)/t8-,11+/m0/s1. The maximum Gasteiger partial charge on any atom is 0.336 e. The van der Waals surface area contributed by atoms with Crippen molar-refractivity contribution in [2.45, 2.75) is 38.8 Å². The predicted molar refractivity (Wildman–Crippen MR) is 62.3 cm³/mol. The van der Waals surface area contributed by atoms with E-state index in [9.17, 15) is 14.4 Å². The zero-order valence-corrected chi connectivity index (χ0v) is 10.6. The van der Waals surface area contributed by atoms with E-state index in [1.165, 1.54) is 14.0 Å². The summed E-state index contributed by atoms with van der Waals surface area (Å²) in [6.45, 7) is 4.98. The largest absolute Gasteiger partial charge is 0.479 e. The Balaban J connectivity index is 4.91. The van der Waals surface area contributed by atoms with Crippen molar-refractivity contribution in [3.63, 3.8) is 0 Å². The summed E-state index contributed by atoms with van der Waals surface area (Å²) in [5, 5.41) is 8.95. The number of hydrogen-bond donors (Lipinski definition) is 2. The fourth-order valence-electron chi connectivity index (χ4n) is 1.36. The molecule has 0 rings (SSSR count). The second-order valence-corrected chi connectivity index (χ2v) is 4.70. The van der Waals surface area contributed by atoms with Crippen LogP contribution in [0.5, 0.6) is 0 Å². The van der Waals surface area contributed by atoms with E-state index >= 15 is 0 Å². The van der Waals surface area contributed by atoms with Crippen LogP contribution in [0.1, 0.15) is 27.2 Å². The van der Waals surface area contributed by atoms with Crippen LogP contribution in [-0.4, -0.2) is 46.8 Å². The maximum absolute atomic E-state index is 11.9. The van der Waals surface area contributed by atoms with Gasteiger partial charge in [-0.05, 0) is 19.3 Å². The molecular formula is C11H20N2O4. The Bertz CT molecular complexity index is 317. The van der Waals surface area contributed by atoms with Crippen LogP contribution in [0.3, 0.4) is 0 Å². The van der Waals surface area contributed by atoms with E-state index in [2.05, 4.69) is 0 Å². The highest BCUT2D eigenvalue weighted by Crippen LogP contribution is 2.14. The van der Waals surface area contributed by atoms with E-state index in [0.717, 1.165) is 4.90 Å². The normalized spacial score (nSPS) is 16.1. The van der Waals surface area contributed by atoms with Gasteiger partial charge in [-0.2, -0.15) is 0 Å². The number of aldehydes is 1. The molecule has 0 heterocycles. The first-order chi connectivity index (χ1) is 7.66. The molecule has 1 amide bonds. The van der Waals surface area contributed by atoms with Gasteiger partial charge in [0.15, 0.2) is 11.8 Å². The van der Waals surface area contributed by atoms with Gasteiger partial charge in [-0.15, -0.1) is 0 Å². The average molecular weight is 244 g/mol. The molecule has 3 N–H and O–H groups in total. The topological polar surface area (TPSA) is 101 Å². The zero-order chi connectivity index (χ0) is 13.8. The zero-order valence-electron chi connectivity index (χ0n) is 10.6. The minimum atomic E-state index is -1.87. The van der Waals surface area contributed by atoms with Gasteiger partial charge < -0.3 is 20.5 Å². The molecule has 0 aliphatic rings. The Kier molecular flexibility index (Phi) is 5.28. The predicted octanol–water partition coefficient (Wildman–Crippen LogP) is -0.140. The quantitative estimate of drug-likeness (QED) is 0.500. The summed E-state index contributed by atoms with van der Waals surface area (Å²) in [4.78, 5) is 34.6. The fraction of sp³-hybridized carbons (Fsp3) is 0.727. The summed E-state index contributed by atoms with van der Waals surface area (Å²) in [7, 11) is 1.27. The Hall–Kier alpha value is -1.43. The molecule has 0 fully saturated rings.